The van der Waals surface area contributed by atoms with Gasteiger partial charge in [0.25, 0.3) is 0 Å². The Morgan fingerprint density at radius 1 is 1.00 bits per heavy atom. The molecule has 0 aromatic heterocycles. The highest BCUT2D eigenvalue weighted by Crippen LogP contribution is 2.37. The van der Waals surface area contributed by atoms with Crippen LogP contribution in [0.4, 0.5) is 0 Å². The summed E-state index contributed by atoms with van der Waals surface area (Å²) in [5, 5.41) is 0. The van der Waals surface area contributed by atoms with Gasteiger partial charge in [-0.25, -0.2) is 0 Å². The van der Waals surface area contributed by atoms with Crippen molar-refractivity contribution in [3.05, 3.63) is 76.4 Å². The number of hydrogen-bond acceptors (Lipinski definition) is 0. The Bertz CT molecular complexity index is 592. The van der Waals surface area contributed by atoms with Crippen LogP contribution in [-0.2, 0) is 0 Å². The van der Waals surface area contributed by atoms with Gasteiger partial charge in [-0.05, 0) is 53.7 Å². The molecule has 0 heteroatoms. The molecule has 0 amide bonds. The largest absolute Gasteiger partial charge is 0.0795 e. The van der Waals surface area contributed by atoms with Crippen LogP contribution in [0.3, 0.4) is 0 Å². The molecular weight excluding hydrogens is 204 g/mol. The van der Waals surface area contributed by atoms with Crippen LogP contribution < -0.4 is 0 Å². The third-order valence-electron chi connectivity index (χ3n) is 3.48. The lowest BCUT2D eigenvalue weighted by atomic mass is 9.88. The van der Waals surface area contributed by atoms with Gasteiger partial charge in [0.2, 0.25) is 0 Å². The van der Waals surface area contributed by atoms with Crippen molar-refractivity contribution in [3.63, 3.8) is 0 Å². The SMILES string of the molecule is CC1=CC2=C(c3ccccc3C)CC=CC2=C1. The van der Waals surface area contributed by atoms with Crippen molar-refractivity contribution in [1.29, 1.82) is 0 Å². The molecule has 0 heterocycles. The van der Waals surface area contributed by atoms with Crippen LogP contribution >= 0.6 is 0 Å². The molecule has 0 saturated heterocycles. The van der Waals surface area contributed by atoms with Gasteiger partial charge >= 0.3 is 0 Å². The summed E-state index contributed by atoms with van der Waals surface area (Å²) in [5.41, 5.74) is 8.36. The molecule has 2 aliphatic rings. The van der Waals surface area contributed by atoms with E-state index in [-0.39, 0.29) is 0 Å². The molecule has 0 fully saturated rings. The van der Waals surface area contributed by atoms with Crippen molar-refractivity contribution >= 4 is 5.57 Å². The summed E-state index contributed by atoms with van der Waals surface area (Å²) in [6.07, 6.45) is 10.1. The first-order valence-electron chi connectivity index (χ1n) is 6.12. The lowest BCUT2D eigenvalue weighted by Gasteiger charge is -2.16. The van der Waals surface area contributed by atoms with Gasteiger partial charge < -0.3 is 0 Å². The van der Waals surface area contributed by atoms with Gasteiger partial charge in [0.15, 0.2) is 0 Å². The summed E-state index contributed by atoms with van der Waals surface area (Å²) in [4.78, 5) is 0. The Morgan fingerprint density at radius 2 is 1.82 bits per heavy atom. The molecule has 0 N–H and O–H groups in total. The Labute approximate surface area is 103 Å². The lowest BCUT2D eigenvalue weighted by molar-refractivity contribution is 1.29. The van der Waals surface area contributed by atoms with Gasteiger partial charge in [-0.2, -0.15) is 0 Å². The molecule has 17 heavy (non-hydrogen) atoms. The highest BCUT2D eigenvalue weighted by molar-refractivity contribution is 5.82. The zero-order valence-corrected chi connectivity index (χ0v) is 10.3. The van der Waals surface area contributed by atoms with Gasteiger partial charge in [-0.15, -0.1) is 0 Å². The van der Waals surface area contributed by atoms with E-state index in [9.17, 15) is 0 Å². The molecule has 1 aromatic carbocycles. The van der Waals surface area contributed by atoms with Gasteiger partial charge in [0, 0.05) is 0 Å². The number of aryl methyl sites for hydroxylation is 1. The molecule has 0 spiro atoms. The summed E-state index contributed by atoms with van der Waals surface area (Å²) in [7, 11) is 0. The van der Waals surface area contributed by atoms with E-state index in [4.69, 9.17) is 0 Å². The highest BCUT2D eigenvalue weighted by Gasteiger charge is 2.17. The van der Waals surface area contributed by atoms with Gasteiger partial charge in [-0.3, -0.25) is 0 Å². The Balaban J connectivity index is 2.19. The standard InChI is InChI=1S/C17H16/c1-12-10-14-7-5-9-16(17(14)11-12)15-8-4-3-6-13(15)2/h3-8,10-11H,9H2,1-2H3. The fourth-order valence-electron chi connectivity index (χ4n) is 2.66. The van der Waals surface area contributed by atoms with Crippen LogP contribution in [0.2, 0.25) is 0 Å². The van der Waals surface area contributed by atoms with Crippen molar-refractivity contribution in [3.8, 4) is 0 Å². The van der Waals surface area contributed by atoms with Crippen LogP contribution in [0.15, 0.2) is 65.3 Å². The van der Waals surface area contributed by atoms with E-state index in [0.717, 1.165) is 6.42 Å². The van der Waals surface area contributed by atoms with Gasteiger partial charge in [-0.1, -0.05) is 48.6 Å². The zero-order chi connectivity index (χ0) is 11.8. The Hall–Kier alpha value is -1.82. The maximum absolute atomic E-state index is 2.31. The minimum atomic E-state index is 1.04. The second-order valence-corrected chi connectivity index (χ2v) is 4.80. The second kappa shape index (κ2) is 3.89. The van der Waals surface area contributed by atoms with E-state index in [1.165, 1.54) is 33.4 Å². The normalized spacial score (nSPS) is 18.0. The van der Waals surface area contributed by atoms with Gasteiger partial charge in [0.05, 0.1) is 0 Å². The maximum atomic E-state index is 2.31. The molecule has 0 aliphatic heterocycles. The lowest BCUT2D eigenvalue weighted by Crippen LogP contribution is -1.96. The minimum Gasteiger partial charge on any atom is -0.0795 e. The smallest absolute Gasteiger partial charge is 0.00819 e. The summed E-state index contributed by atoms with van der Waals surface area (Å²) in [6, 6.07) is 8.66. The molecule has 0 bridgehead atoms. The first-order chi connectivity index (χ1) is 8.25. The number of benzene rings is 1. The van der Waals surface area contributed by atoms with Crippen molar-refractivity contribution in [2.75, 3.05) is 0 Å². The topological polar surface area (TPSA) is 0 Å². The molecule has 0 radical (unpaired) electrons. The summed E-state index contributed by atoms with van der Waals surface area (Å²) in [6.45, 7) is 4.36. The molecule has 0 unspecified atom stereocenters. The van der Waals surface area contributed by atoms with E-state index in [1.54, 1.807) is 0 Å². The number of fused-ring (bicyclic) bond motifs is 1. The molecule has 1 aromatic rings. The van der Waals surface area contributed by atoms with Crippen LogP contribution in [0, 0.1) is 6.92 Å². The molecule has 0 atom stereocenters. The Morgan fingerprint density at radius 3 is 2.65 bits per heavy atom. The van der Waals surface area contributed by atoms with E-state index in [0.29, 0.717) is 0 Å². The number of hydrogen-bond donors (Lipinski definition) is 0. The van der Waals surface area contributed by atoms with Gasteiger partial charge in [0.1, 0.15) is 0 Å². The fraction of sp³-hybridized carbons (Fsp3) is 0.176. The van der Waals surface area contributed by atoms with Crippen molar-refractivity contribution in [1.82, 2.24) is 0 Å². The first-order valence-corrected chi connectivity index (χ1v) is 6.12. The monoisotopic (exact) mass is 220 g/mol. The maximum Gasteiger partial charge on any atom is -0.00819 e. The highest BCUT2D eigenvalue weighted by atomic mass is 14.2. The molecule has 84 valence electrons. The van der Waals surface area contributed by atoms with Crippen LogP contribution in [0.25, 0.3) is 5.57 Å². The predicted octanol–water partition coefficient (Wildman–Crippen LogP) is 4.59. The first kappa shape index (κ1) is 10.3. The van der Waals surface area contributed by atoms with Crippen LogP contribution in [-0.4, -0.2) is 0 Å². The summed E-state index contributed by atoms with van der Waals surface area (Å²) < 4.78 is 0. The van der Waals surface area contributed by atoms with E-state index in [2.05, 4.69) is 62.4 Å². The Kier molecular flexibility index (Phi) is 2.36. The van der Waals surface area contributed by atoms with Crippen LogP contribution in [0.1, 0.15) is 24.5 Å². The predicted molar refractivity (Wildman–Crippen MR) is 73.7 cm³/mol. The summed E-state index contributed by atoms with van der Waals surface area (Å²) >= 11 is 0. The van der Waals surface area contributed by atoms with E-state index in [1.807, 2.05) is 0 Å². The minimum absolute atomic E-state index is 1.04. The fourth-order valence-corrected chi connectivity index (χ4v) is 2.66. The van der Waals surface area contributed by atoms with Crippen molar-refractivity contribution in [2.24, 2.45) is 0 Å². The van der Waals surface area contributed by atoms with Crippen molar-refractivity contribution < 1.29 is 0 Å². The number of allylic oxidation sites excluding steroid dienone is 8. The van der Waals surface area contributed by atoms with E-state index < -0.39 is 0 Å². The molecule has 0 nitrogen and oxygen atoms in total. The average Bonchev–Trinajstić information content (AvgIpc) is 2.70. The molecule has 0 saturated carbocycles. The molecule has 2 aliphatic carbocycles. The molecular formula is C17H16. The average molecular weight is 220 g/mol. The summed E-state index contributed by atoms with van der Waals surface area (Å²) in [5.74, 6) is 0. The number of rotatable bonds is 1. The van der Waals surface area contributed by atoms with E-state index >= 15 is 0 Å². The molecule has 3 rings (SSSR count). The third-order valence-corrected chi connectivity index (χ3v) is 3.48. The third kappa shape index (κ3) is 1.70. The van der Waals surface area contributed by atoms with Crippen LogP contribution in [0.5, 0.6) is 0 Å². The second-order valence-electron chi connectivity index (χ2n) is 4.80. The zero-order valence-electron chi connectivity index (χ0n) is 10.3. The van der Waals surface area contributed by atoms with Crippen molar-refractivity contribution in [2.45, 2.75) is 20.3 Å². The quantitative estimate of drug-likeness (QED) is 0.649.